The Labute approximate surface area is 121 Å². The van der Waals surface area contributed by atoms with Crippen LogP contribution in [0.1, 0.15) is 12.0 Å². The average molecular weight is 296 g/mol. The molecule has 1 saturated heterocycles. The molecule has 100 valence electrons. The number of hydrogen-bond donors (Lipinski definition) is 1. The van der Waals surface area contributed by atoms with Crippen molar-refractivity contribution in [3.8, 4) is 0 Å². The third kappa shape index (κ3) is 2.53. The van der Waals surface area contributed by atoms with Crippen LogP contribution in [0.4, 0.5) is 0 Å². The minimum Gasteiger partial charge on any atom is -0.504 e. The summed E-state index contributed by atoms with van der Waals surface area (Å²) in [6.45, 7) is 2.33. The number of carbonyl (C=O) groups is 1. The lowest BCUT2D eigenvalue weighted by molar-refractivity contribution is -0.109. The Hall–Kier alpha value is -0.970. The number of halogens is 1. The summed E-state index contributed by atoms with van der Waals surface area (Å²) in [5.41, 5.74) is 1.97. The normalized spacial score (nSPS) is 23.8. The van der Waals surface area contributed by atoms with E-state index in [1.807, 2.05) is 24.3 Å². The van der Waals surface area contributed by atoms with Gasteiger partial charge in [0.25, 0.3) is 5.12 Å². The molecular weight excluding hydrogens is 282 g/mol. The number of piperidine rings is 1. The second kappa shape index (κ2) is 5.19. The van der Waals surface area contributed by atoms with Crippen molar-refractivity contribution in [2.45, 2.75) is 18.2 Å². The quantitative estimate of drug-likeness (QED) is 0.910. The number of aliphatic hydroxyl groups is 1. The molecule has 1 aromatic rings. The maximum Gasteiger partial charge on any atom is 0.254 e. The number of benzene rings is 1. The molecule has 1 atom stereocenters. The van der Waals surface area contributed by atoms with Crippen LogP contribution < -0.4 is 0 Å². The number of likely N-dealkylation sites (tertiary alicyclic amines) is 1. The summed E-state index contributed by atoms with van der Waals surface area (Å²) >= 11 is 7.41. The zero-order valence-electron chi connectivity index (χ0n) is 10.3. The summed E-state index contributed by atoms with van der Waals surface area (Å²) in [6, 6.07) is 7.78. The van der Waals surface area contributed by atoms with Crippen molar-refractivity contribution in [2.75, 3.05) is 13.1 Å². The Morgan fingerprint density at radius 2 is 2.21 bits per heavy atom. The van der Waals surface area contributed by atoms with Gasteiger partial charge in [-0.25, -0.2) is 0 Å². The lowest BCUT2D eigenvalue weighted by Gasteiger charge is -2.31. The summed E-state index contributed by atoms with van der Waals surface area (Å²) in [5, 5.41) is 10.5. The van der Waals surface area contributed by atoms with E-state index in [-0.39, 0.29) is 16.1 Å². The van der Waals surface area contributed by atoms with E-state index in [0.717, 1.165) is 35.7 Å². The summed E-state index contributed by atoms with van der Waals surface area (Å²) in [4.78, 5) is 13.7. The third-order valence-electron chi connectivity index (χ3n) is 3.59. The molecular formula is C14H14ClNO2S. The topological polar surface area (TPSA) is 40.5 Å². The second-order valence-corrected chi connectivity index (χ2v) is 6.44. The number of thioether (sulfide) groups is 1. The molecule has 0 spiro atoms. The van der Waals surface area contributed by atoms with Gasteiger partial charge in [-0.3, -0.25) is 9.69 Å². The zero-order valence-corrected chi connectivity index (χ0v) is 11.9. The fraction of sp³-hybridized carbons (Fsp3) is 0.357. The molecule has 19 heavy (non-hydrogen) atoms. The van der Waals surface area contributed by atoms with Gasteiger partial charge in [0.05, 0.1) is 0 Å². The third-order valence-corrected chi connectivity index (χ3v) is 5.17. The van der Waals surface area contributed by atoms with E-state index in [9.17, 15) is 9.90 Å². The standard InChI is InChI=1S/C14H14ClNO2S/c15-11-4-2-1-3-9(11)7-16-6-5-12-10(8-16)13(17)14(18)19-12/h1-4,12,17H,5-8H2. The van der Waals surface area contributed by atoms with E-state index in [0.29, 0.717) is 6.54 Å². The smallest absolute Gasteiger partial charge is 0.254 e. The highest BCUT2D eigenvalue weighted by Gasteiger charge is 2.36. The maximum absolute atomic E-state index is 11.5. The number of nitrogens with zero attached hydrogens (tertiary/aromatic N) is 1. The van der Waals surface area contributed by atoms with Crippen molar-refractivity contribution < 1.29 is 9.90 Å². The molecule has 3 rings (SSSR count). The zero-order chi connectivity index (χ0) is 13.4. The minimum atomic E-state index is -0.181. The molecule has 1 unspecified atom stereocenters. The lowest BCUT2D eigenvalue weighted by Crippen LogP contribution is -2.35. The SMILES string of the molecule is O=C1SC2CCN(Cc3ccccc3Cl)CC2=C1O. The largest absolute Gasteiger partial charge is 0.504 e. The Bertz CT molecular complexity index is 558. The predicted octanol–water partition coefficient (Wildman–Crippen LogP) is 3.00. The van der Waals surface area contributed by atoms with Crippen molar-refractivity contribution in [3.63, 3.8) is 0 Å². The van der Waals surface area contributed by atoms with E-state index < -0.39 is 0 Å². The molecule has 1 fully saturated rings. The molecule has 2 aliphatic rings. The highest BCUT2D eigenvalue weighted by Crippen LogP contribution is 2.38. The molecule has 2 heterocycles. The number of aliphatic hydroxyl groups excluding tert-OH is 1. The molecule has 0 radical (unpaired) electrons. The van der Waals surface area contributed by atoms with Gasteiger partial charge in [0.2, 0.25) is 0 Å². The molecule has 0 saturated carbocycles. The first-order chi connectivity index (χ1) is 9.15. The minimum absolute atomic E-state index is 0.0288. The molecule has 0 amide bonds. The highest BCUT2D eigenvalue weighted by molar-refractivity contribution is 8.15. The van der Waals surface area contributed by atoms with Crippen LogP contribution in [-0.2, 0) is 11.3 Å². The van der Waals surface area contributed by atoms with E-state index >= 15 is 0 Å². The first-order valence-corrected chi connectivity index (χ1v) is 7.49. The molecule has 2 aliphatic heterocycles. The monoisotopic (exact) mass is 295 g/mol. The number of rotatable bonds is 2. The Balaban J connectivity index is 1.75. The van der Waals surface area contributed by atoms with Crippen LogP contribution in [0, 0.1) is 0 Å². The maximum atomic E-state index is 11.5. The highest BCUT2D eigenvalue weighted by atomic mass is 35.5. The Kier molecular flexibility index (Phi) is 3.56. The average Bonchev–Trinajstić information content (AvgIpc) is 2.68. The van der Waals surface area contributed by atoms with E-state index in [2.05, 4.69) is 4.90 Å². The van der Waals surface area contributed by atoms with Crippen LogP contribution in [0.2, 0.25) is 5.02 Å². The molecule has 1 aromatic carbocycles. The van der Waals surface area contributed by atoms with E-state index in [1.54, 1.807) is 0 Å². The summed E-state index contributed by atoms with van der Waals surface area (Å²) < 4.78 is 0. The van der Waals surface area contributed by atoms with Crippen molar-refractivity contribution >= 4 is 28.5 Å². The van der Waals surface area contributed by atoms with Crippen LogP contribution in [0.3, 0.4) is 0 Å². The van der Waals surface area contributed by atoms with Crippen molar-refractivity contribution in [1.29, 1.82) is 0 Å². The molecule has 0 aromatic heterocycles. The Morgan fingerprint density at radius 3 is 3.00 bits per heavy atom. The van der Waals surface area contributed by atoms with Crippen LogP contribution in [0.15, 0.2) is 35.6 Å². The molecule has 0 aliphatic carbocycles. The van der Waals surface area contributed by atoms with Gasteiger partial charge in [0.1, 0.15) is 0 Å². The molecule has 1 N–H and O–H groups in total. The number of hydrogen-bond acceptors (Lipinski definition) is 4. The van der Waals surface area contributed by atoms with Crippen LogP contribution in [-0.4, -0.2) is 33.5 Å². The predicted molar refractivity (Wildman–Crippen MR) is 77.4 cm³/mol. The number of carbonyl (C=O) groups excluding carboxylic acids is 1. The van der Waals surface area contributed by atoms with Gasteiger partial charge in [-0.05, 0) is 18.1 Å². The van der Waals surface area contributed by atoms with Gasteiger partial charge in [0.15, 0.2) is 5.76 Å². The lowest BCUT2D eigenvalue weighted by atomic mass is 10.0. The van der Waals surface area contributed by atoms with Crippen LogP contribution in [0.25, 0.3) is 0 Å². The first-order valence-electron chi connectivity index (χ1n) is 6.24. The van der Waals surface area contributed by atoms with Crippen molar-refractivity contribution in [1.82, 2.24) is 4.90 Å². The van der Waals surface area contributed by atoms with E-state index in [4.69, 9.17) is 11.6 Å². The van der Waals surface area contributed by atoms with E-state index in [1.165, 1.54) is 11.8 Å². The number of fused-ring (bicyclic) bond motifs is 1. The van der Waals surface area contributed by atoms with Crippen LogP contribution in [0.5, 0.6) is 0 Å². The second-order valence-electron chi connectivity index (χ2n) is 4.86. The van der Waals surface area contributed by atoms with Gasteiger partial charge in [-0.15, -0.1) is 0 Å². The molecule has 3 nitrogen and oxygen atoms in total. The van der Waals surface area contributed by atoms with Crippen molar-refractivity contribution in [2.24, 2.45) is 0 Å². The van der Waals surface area contributed by atoms with Gasteiger partial charge in [0, 0.05) is 35.5 Å². The first kappa shape index (κ1) is 13.0. The Morgan fingerprint density at radius 1 is 1.42 bits per heavy atom. The molecule has 0 bridgehead atoms. The van der Waals surface area contributed by atoms with Crippen molar-refractivity contribution in [3.05, 3.63) is 46.2 Å². The van der Waals surface area contributed by atoms with Gasteiger partial charge >= 0.3 is 0 Å². The summed E-state index contributed by atoms with van der Waals surface area (Å²) in [7, 11) is 0. The fourth-order valence-corrected chi connectivity index (χ4v) is 3.82. The molecule has 5 heteroatoms. The van der Waals surface area contributed by atoms with Gasteiger partial charge in [-0.1, -0.05) is 41.6 Å². The van der Waals surface area contributed by atoms with Gasteiger partial charge in [-0.2, -0.15) is 0 Å². The fourth-order valence-electron chi connectivity index (χ4n) is 2.57. The summed E-state index contributed by atoms with van der Waals surface area (Å²) in [6.07, 6.45) is 0.903. The van der Waals surface area contributed by atoms with Crippen LogP contribution >= 0.6 is 23.4 Å². The van der Waals surface area contributed by atoms with Gasteiger partial charge < -0.3 is 5.11 Å². The summed E-state index contributed by atoms with van der Waals surface area (Å²) in [5.74, 6) is -0.0288.